The normalized spacial score (nSPS) is 19.0. The van der Waals surface area contributed by atoms with Crippen LogP contribution in [0.3, 0.4) is 0 Å². The van der Waals surface area contributed by atoms with Gasteiger partial charge in [-0.1, -0.05) is 67.0 Å². The molecule has 0 bridgehead atoms. The number of sulfonamides is 1. The number of carbonyl (C=O) groups excluding carboxylic acids is 4. The van der Waals surface area contributed by atoms with Gasteiger partial charge in [0.05, 0.1) is 47.6 Å². The maximum absolute atomic E-state index is 14.2. The van der Waals surface area contributed by atoms with Gasteiger partial charge < -0.3 is 30.3 Å². The Bertz CT molecular complexity index is 1460. The van der Waals surface area contributed by atoms with Crippen molar-refractivity contribution in [2.75, 3.05) is 41.9 Å². The zero-order valence-corrected chi connectivity index (χ0v) is 34.7. The Kier molecular flexibility index (Phi) is 17.8. The molecule has 1 aliphatic rings. The number of nitrogens with one attached hydrogen (secondary N) is 2. The van der Waals surface area contributed by atoms with E-state index in [2.05, 4.69) is 10.0 Å². The molecule has 1 saturated heterocycles. The topological polar surface area (TPSA) is 181 Å². The molecule has 8 atom stereocenters. The van der Waals surface area contributed by atoms with Crippen LogP contribution in [0.5, 0.6) is 0 Å². The molecular weight excluding hydrogens is 701 g/mol. The van der Waals surface area contributed by atoms with Crippen molar-refractivity contribution in [2.24, 2.45) is 29.4 Å². The second-order valence-electron chi connectivity index (χ2n) is 15.3. The summed E-state index contributed by atoms with van der Waals surface area (Å²) in [6.07, 6.45) is 0.411. The van der Waals surface area contributed by atoms with Gasteiger partial charge >= 0.3 is 0 Å². The van der Waals surface area contributed by atoms with Crippen LogP contribution >= 0.6 is 0 Å². The van der Waals surface area contributed by atoms with E-state index in [1.54, 1.807) is 35.9 Å². The van der Waals surface area contributed by atoms with Gasteiger partial charge in [0.25, 0.3) is 10.0 Å². The minimum absolute atomic E-state index is 0.0274. The Balaban J connectivity index is 2.29. The highest BCUT2D eigenvalue weighted by atomic mass is 32.2. The molecule has 1 aromatic rings. The van der Waals surface area contributed by atoms with Gasteiger partial charge in [-0.25, -0.2) is 13.1 Å². The van der Waals surface area contributed by atoms with Gasteiger partial charge in [0.2, 0.25) is 23.6 Å². The Labute approximate surface area is 317 Å². The number of rotatable bonds is 20. The van der Waals surface area contributed by atoms with Gasteiger partial charge in [-0.2, -0.15) is 0 Å². The zero-order chi connectivity index (χ0) is 40.4. The first-order valence-electron chi connectivity index (χ1n) is 18.7. The molecule has 1 aromatic carbocycles. The van der Waals surface area contributed by atoms with Crippen molar-refractivity contribution < 1.29 is 37.1 Å². The van der Waals surface area contributed by atoms with Gasteiger partial charge in [-0.05, 0) is 62.4 Å². The lowest BCUT2D eigenvalue weighted by molar-refractivity contribution is -0.148. The third kappa shape index (κ3) is 11.7. The van der Waals surface area contributed by atoms with Gasteiger partial charge in [0.15, 0.2) is 0 Å². The molecule has 4 N–H and O–H groups in total. The highest BCUT2D eigenvalue weighted by Crippen LogP contribution is 2.30. The quantitative estimate of drug-likeness (QED) is 0.179. The lowest BCUT2D eigenvalue weighted by atomic mass is 9.89. The van der Waals surface area contributed by atoms with E-state index < -0.39 is 58.2 Å². The van der Waals surface area contributed by atoms with Gasteiger partial charge in [0, 0.05) is 34.4 Å². The second-order valence-corrected chi connectivity index (χ2v) is 17.0. The average molecular weight is 767 g/mol. The van der Waals surface area contributed by atoms with Gasteiger partial charge in [-0.15, -0.1) is 0 Å². The van der Waals surface area contributed by atoms with Crippen molar-refractivity contribution in [3.63, 3.8) is 0 Å². The summed E-state index contributed by atoms with van der Waals surface area (Å²) < 4.78 is 40.0. The van der Waals surface area contributed by atoms with Gasteiger partial charge in [0.1, 0.15) is 6.04 Å². The molecule has 0 saturated carbocycles. The highest BCUT2D eigenvalue weighted by molar-refractivity contribution is 7.90. The molecule has 0 aromatic heterocycles. The summed E-state index contributed by atoms with van der Waals surface area (Å²) in [7, 11) is 4.18. The fourth-order valence-electron chi connectivity index (χ4n) is 7.50. The van der Waals surface area contributed by atoms with Gasteiger partial charge in [-0.3, -0.25) is 24.1 Å². The first-order valence-corrected chi connectivity index (χ1v) is 20.2. The molecule has 0 aliphatic carbocycles. The summed E-state index contributed by atoms with van der Waals surface area (Å²) in [6, 6.07) is 3.76. The summed E-state index contributed by atoms with van der Waals surface area (Å²) in [4.78, 5) is 60.1. The predicted molar refractivity (Wildman–Crippen MR) is 205 cm³/mol. The average Bonchev–Trinajstić information content (AvgIpc) is 3.59. The molecule has 4 amide bonds. The van der Waals surface area contributed by atoms with E-state index in [4.69, 9.17) is 15.2 Å². The van der Waals surface area contributed by atoms with Crippen LogP contribution in [0.1, 0.15) is 79.7 Å². The zero-order valence-electron chi connectivity index (χ0n) is 33.9. The van der Waals surface area contributed by atoms with Crippen LogP contribution < -0.4 is 15.8 Å². The SMILES string of the molecule is CC[C@H](C)[C@@H]([C@@H](CC(=O)N1CCC[C@H]1[C@H](OC)[C@@H](C)C(=O)NS(=O)(=O)c1ccc(CN)cc1)OC)N(C)C(=O)C(NC(=O)[C@H](C(C)C)N(C)C)C(C)C. The Morgan fingerprint density at radius 2 is 1.55 bits per heavy atom. The lowest BCUT2D eigenvalue weighted by Crippen LogP contribution is -2.59. The van der Waals surface area contributed by atoms with Crippen LogP contribution in [-0.4, -0.2) is 125 Å². The number of likely N-dealkylation sites (tertiary alicyclic amines) is 1. The Hall–Kier alpha value is -3.11. The van der Waals surface area contributed by atoms with Crippen molar-refractivity contribution >= 4 is 33.7 Å². The van der Waals surface area contributed by atoms with E-state index in [1.165, 1.54) is 26.4 Å². The maximum atomic E-state index is 14.2. The summed E-state index contributed by atoms with van der Waals surface area (Å²) in [5.74, 6) is -2.62. The summed E-state index contributed by atoms with van der Waals surface area (Å²) >= 11 is 0. The Morgan fingerprint density at radius 1 is 0.943 bits per heavy atom. The molecule has 53 heavy (non-hydrogen) atoms. The van der Waals surface area contributed by atoms with Crippen molar-refractivity contribution in [2.45, 2.75) is 122 Å². The summed E-state index contributed by atoms with van der Waals surface area (Å²) in [6.45, 7) is 14.0. The fourth-order valence-corrected chi connectivity index (χ4v) is 8.56. The third-order valence-electron chi connectivity index (χ3n) is 10.6. The highest BCUT2D eigenvalue weighted by Gasteiger charge is 2.43. The van der Waals surface area contributed by atoms with Crippen LogP contribution in [0.25, 0.3) is 0 Å². The second kappa shape index (κ2) is 20.5. The number of amides is 4. The molecule has 1 unspecified atom stereocenters. The van der Waals surface area contributed by atoms with Crippen molar-refractivity contribution in [3.05, 3.63) is 29.8 Å². The predicted octanol–water partition coefficient (Wildman–Crippen LogP) is 2.60. The number of likely N-dealkylation sites (N-methyl/N-ethyl adjacent to an activating group) is 2. The first kappa shape index (κ1) is 46.0. The number of benzene rings is 1. The summed E-state index contributed by atoms with van der Waals surface area (Å²) in [5.41, 5.74) is 6.38. The van der Waals surface area contributed by atoms with E-state index >= 15 is 0 Å². The van der Waals surface area contributed by atoms with Crippen LogP contribution in [0.15, 0.2) is 29.2 Å². The molecule has 1 heterocycles. The van der Waals surface area contributed by atoms with E-state index in [9.17, 15) is 27.6 Å². The monoisotopic (exact) mass is 766 g/mol. The number of nitrogens with two attached hydrogens (primary N) is 1. The van der Waals surface area contributed by atoms with E-state index in [0.29, 0.717) is 25.8 Å². The molecule has 302 valence electrons. The molecule has 1 fully saturated rings. The molecule has 14 nitrogen and oxygen atoms in total. The number of nitrogens with zero attached hydrogens (tertiary/aromatic N) is 3. The van der Waals surface area contributed by atoms with E-state index in [-0.39, 0.29) is 53.3 Å². The number of methoxy groups -OCH3 is 2. The van der Waals surface area contributed by atoms with Crippen LogP contribution in [-0.2, 0) is 45.2 Å². The molecular formula is C38H66N6O8S. The van der Waals surface area contributed by atoms with E-state index in [0.717, 1.165) is 5.56 Å². The van der Waals surface area contributed by atoms with Crippen molar-refractivity contribution in [3.8, 4) is 0 Å². The first-order chi connectivity index (χ1) is 24.8. The molecule has 0 spiro atoms. The number of hydrogen-bond donors (Lipinski definition) is 3. The molecule has 0 radical (unpaired) electrons. The summed E-state index contributed by atoms with van der Waals surface area (Å²) in [5, 5.41) is 3.01. The van der Waals surface area contributed by atoms with E-state index in [1.807, 2.05) is 60.5 Å². The maximum Gasteiger partial charge on any atom is 0.264 e. The van der Waals surface area contributed by atoms with Crippen molar-refractivity contribution in [1.29, 1.82) is 0 Å². The van der Waals surface area contributed by atoms with Crippen molar-refractivity contribution in [1.82, 2.24) is 24.7 Å². The number of ether oxygens (including phenoxy) is 2. The minimum Gasteiger partial charge on any atom is -0.379 e. The standard InChI is InChI=1S/C38H66N6O8S/c1-13-25(6)34(43(10)38(48)32(23(2)3)40-37(47)33(24(4)5)42(8)9)30(51-11)21-31(45)44-20-14-15-29(44)35(52-12)26(7)36(46)41-53(49,50)28-18-16-27(22-39)17-19-28/h16-19,23-26,29-30,32-35H,13-15,20-22,39H2,1-12H3,(H,40,47)(H,41,46)/t25-,26+,29-,30+,32?,33-,34-,35+/m0/s1. The number of hydrogen-bond acceptors (Lipinski definition) is 10. The molecule has 1 aliphatic heterocycles. The lowest BCUT2D eigenvalue weighted by Gasteiger charge is -2.41. The van der Waals surface area contributed by atoms with Crippen LogP contribution in [0.2, 0.25) is 0 Å². The number of carbonyl (C=O) groups is 4. The third-order valence-corrected chi connectivity index (χ3v) is 12.0. The Morgan fingerprint density at radius 3 is 2.02 bits per heavy atom. The largest absolute Gasteiger partial charge is 0.379 e. The smallest absolute Gasteiger partial charge is 0.264 e. The fraction of sp³-hybridized carbons (Fsp3) is 0.737. The minimum atomic E-state index is -4.16. The molecule has 2 rings (SSSR count). The molecule has 15 heteroatoms. The van der Waals surface area contributed by atoms with Crippen LogP contribution in [0, 0.1) is 23.7 Å². The van der Waals surface area contributed by atoms with Crippen LogP contribution in [0.4, 0.5) is 0 Å².